The molecule has 122 valence electrons. The summed E-state index contributed by atoms with van der Waals surface area (Å²) in [6.07, 6.45) is 0. The molecule has 3 rings (SSSR count). The summed E-state index contributed by atoms with van der Waals surface area (Å²) in [4.78, 5) is 4.25. The van der Waals surface area contributed by atoms with Crippen LogP contribution in [0.1, 0.15) is 17.2 Å². The van der Waals surface area contributed by atoms with Gasteiger partial charge < -0.3 is 10.5 Å². The van der Waals surface area contributed by atoms with Crippen molar-refractivity contribution < 1.29 is 17.9 Å². The molecule has 0 aliphatic carbocycles. The number of hydrogen-bond donors (Lipinski definition) is 1. The molecule has 22 heavy (non-hydrogen) atoms. The Morgan fingerprint density at radius 3 is 2.55 bits per heavy atom. The van der Waals surface area contributed by atoms with Crippen LogP contribution in [0.4, 0.5) is 13.2 Å². The molecule has 2 heterocycles. The van der Waals surface area contributed by atoms with Crippen molar-refractivity contribution >= 4 is 0 Å². The second-order valence-corrected chi connectivity index (χ2v) is 5.73. The van der Waals surface area contributed by atoms with Crippen molar-refractivity contribution in [3.63, 3.8) is 0 Å². The molecular formula is C15H20F3N3O. The van der Waals surface area contributed by atoms with Crippen molar-refractivity contribution in [2.45, 2.75) is 12.6 Å². The number of morpholine rings is 1. The molecule has 1 fully saturated rings. The van der Waals surface area contributed by atoms with Gasteiger partial charge in [-0.2, -0.15) is 0 Å². The Balaban J connectivity index is 1.73. The van der Waals surface area contributed by atoms with Crippen LogP contribution in [0.25, 0.3) is 0 Å². The van der Waals surface area contributed by atoms with Crippen LogP contribution in [0.5, 0.6) is 0 Å². The number of nitrogens with zero attached hydrogens (tertiary/aromatic N) is 2. The molecule has 0 bridgehead atoms. The molecule has 2 aliphatic heterocycles. The highest BCUT2D eigenvalue weighted by atomic mass is 19.2. The number of ether oxygens (including phenoxy) is 1. The standard InChI is InChI=1S/C15H20F3N3O/c16-12-7-10-11(14(17)15(12)18)9-21(13(10)8-19)2-1-20-3-5-22-6-4-20/h7,13H,1-6,8-9,19H2. The predicted octanol–water partition coefficient (Wildman–Crippen LogP) is 1.25. The van der Waals surface area contributed by atoms with Gasteiger partial charge >= 0.3 is 0 Å². The molecule has 1 saturated heterocycles. The number of hydrogen-bond acceptors (Lipinski definition) is 4. The summed E-state index contributed by atoms with van der Waals surface area (Å²) in [5, 5.41) is 0. The lowest BCUT2D eigenvalue weighted by Crippen LogP contribution is -2.41. The van der Waals surface area contributed by atoms with Crippen LogP contribution < -0.4 is 5.73 Å². The average Bonchev–Trinajstić information content (AvgIpc) is 2.89. The minimum Gasteiger partial charge on any atom is -0.379 e. The SMILES string of the molecule is NCC1c2cc(F)c(F)c(F)c2CN1CCN1CCOCC1. The number of fused-ring (bicyclic) bond motifs is 1. The van der Waals surface area contributed by atoms with Gasteiger partial charge in [-0.3, -0.25) is 9.80 Å². The maximum atomic E-state index is 13.9. The average molecular weight is 315 g/mol. The molecule has 0 radical (unpaired) electrons. The lowest BCUT2D eigenvalue weighted by molar-refractivity contribution is 0.0313. The van der Waals surface area contributed by atoms with Crippen LogP contribution >= 0.6 is 0 Å². The van der Waals surface area contributed by atoms with E-state index in [-0.39, 0.29) is 24.7 Å². The fraction of sp³-hybridized carbons (Fsp3) is 0.600. The number of nitrogens with two attached hydrogens (primary N) is 1. The topological polar surface area (TPSA) is 41.7 Å². The van der Waals surface area contributed by atoms with Crippen LogP contribution in [0.2, 0.25) is 0 Å². The highest BCUT2D eigenvalue weighted by Crippen LogP contribution is 2.36. The zero-order valence-corrected chi connectivity index (χ0v) is 12.3. The third-order valence-electron chi connectivity index (χ3n) is 4.49. The van der Waals surface area contributed by atoms with Crippen LogP contribution in [0, 0.1) is 17.5 Å². The first-order valence-electron chi connectivity index (χ1n) is 7.52. The van der Waals surface area contributed by atoms with E-state index in [0.29, 0.717) is 25.3 Å². The zero-order valence-electron chi connectivity index (χ0n) is 12.3. The van der Waals surface area contributed by atoms with Gasteiger partial charge in [0.2, 0.25) is 0 Å². The fourth-order valence-electron chi connectivity index (χ4n) is 3.22. The normalized spacial score (nSPS) is 23.0. The first-order chi connectivity index (χ1) is 10.6. The van der Waals surface area contributed by atoms with E-state index in [1.807, 2.05) is 4.90 Å². The van der Waals surface area contributed by atoms with Gasteiger partial charge in [-0.25, -0.2) is 13.2 Å². The third kappa shape index (κ3) is 2.86. The highest BCUT2D eigenvalue weighted by molar-refractivity contribution is 5.37. The van der Waals surface area contributed by atoms with E-state index in [1.165, 1.54) is 0 Å². The molecule has 1 unspecified atom stereocenters. The second-order valence-electron chi connectivity index (χ2n) is 5.73. The van der Waals surface area contributed by atoms with E-state index in [4.69, 9.17) is 10.5 Å². The maximum absolute atomic E-state index is 13.9. The lowest BCUT2D eigenvalue weighted by Gasteiger charge is -2.30. The van der Waals surface area contributed by atoms with Gasteiger partial charge in [-0.1, -0.05) is 0 Å². The Labute approximate surface area is 127 Å². The fourth-order valence-corrected chi connectivity index (χ4v) is 3.22. The van der Waals surface area contributed by atoms with Gasteiger partial charge in [0.15, 0.2) is 17.5 Å². The molecule has 0 amide bonds. The molecule has 0 saturated carbocycles. The van der Waals surface area contributed by atoms with Crippen molar-refractivity contribution in [1.29, 1.82) is 0 Å². The van der Waals surface area contributed by atoms with Crippen molar-refractivity contribution in [2.24, 2.45) is 5.73 Å². The largest absolute Gasteiger partial charge is 0.379 e. The zero-order chi connectivity index (χ0) is 15.7. The summed E-state index contributed by atoms with van der Waals surface area (Å²) in [6.45, 7) is 5.17. The molecule has 1 aromatic carbocycles. The predicted molar refractivity (Wildman–Crippen MR) is 75.8 cm³/mol. The third-order valence-corrected chi connectivity index (χ3v) is 4.49. The summed E-state index contributed by atoms with van der Waals surface area (Å²) in [5.74, 6) is -3.63. The summed E-state index contributed by atoms with van der Waals surface area (Å²) >= 11 is 0. The van der Waals surface area contributed by atoms with E-state index in [2.05, 4.69) is 4.90 Å². The Morgan fingerprint density at radius 2 is 1.86 bits per heavy atom. The summed E-state index contributed by atoms with van der Waals surface area (Å²) < 4.78 is 46.1. The monoisotopic (exact) mass is 315 g/mol. The van der Waals surface area contributed by atoms with E-state index in [1.54, 1.807) is 0 Å². The van der Waals surface area contributed by atoms with Crippen molar-refractivity contribution in [2.75, 3.05) is 45.9 Å². The van der Waals surface area contributed by atoms with Gasteiger partial charge in [-0.05, 0) is 11.6 Å². The van der Waals surface area contributed by atoms with Crippen LogP contribution in [0.15, 0.2) is 6.07 Å². The minimum absolute atomic E-state index is 0.233. The van der Waals surface area contributed by atoms with E-state index >= 15 is 0 Å². The van der Waals surface area contributed by atoms with Crippen LogP contribution in [0.3, 0.4) is 0 Å². The number of rotatable bonds is 4. The Bertz CT molecular complexity index is 549. The lowest BCUT2D eigenvalue weighted by atomic mass is 10.0. The first-order valence-corrected chi connectivity index (χ1v) is 7.52. The quantitative estimate of drug-likeness (QED) is 0.849. The second kappa shape index (κ2) is 6.54. The summed E-state index contributed by atoms with van der Waals surface area (Å²) in [5.41, 5.74) is 6.48. The van der Waals surface area contributed by atoms with Gasteiger partial charge in [0.05, 0.1) is 13.2 Å². The molecule has 2 aliphatic rings. The number of halogens is 3. The van der Waals surface area contributed by atoms with Crippen LogP contribution in [-0.2, 0) is 11.3 Å². The maximum Gasteiger partial charge on any atom is 0.194 e. The molecule has 4 nitrogen and oxygen atoms in total. The van der Waals surface area contributed by atoms with Crippen LogP contribution in [-0.4, -0.2) is 55.7 Å². The van der Waals surface area contributed by atoms with Gasteiger partial charge in [0.25, 0.3) is 0 Å². The first kappa shape index (κ1) is 15.7. The molecule has 2 N–H and O–H groups in total. The Morgan fingerprint density at radius 1 is 1.14 bits per heavy atom. The van der Waals surface area contributed by atoms with E-state index < -0.39 is 17.5 Å². The summed E-state index contributed by atoms with van der Waals surface area (Å²) in [7, 11) is 0. The minimum atomic E-state index is -1.40. The molecule has 0 spiro atoms. The van der Waals surface area contributed by atoms with Gasteiger partial charge in [0.1, 0.15) is 0 Å². The van der Waals surface area contributed by atoms with Gasteiger partial charge in [-0.15, -0.1) is 0 Å². The summed E-state index contributed by atoms with van der Waals surface area (Å²) in [6, 6.07) is 0.820. The Kier molecular flexibility index (Phi) is 4.67. The van der Waals surface area contributed by atoms with Crippen molar-refractivity contribution in [3.8, 4) is 0 Å². The van der Waals surface area contributed by atoms with E-state index in [9.17, 15) is 13.2 Å². The number of benzene rings is 1. The van der Waals surface area contributed by atoms with Gasteiger partial charge in [0, 0.05) is 50.9 Å². The van der Waals surface area contributed by atoms with Crippen molar-refractivity contribution in [1.82, 2.24) is 9.80 Å². The molecule has 1 aromatic rings. The molecule has 0 aromatic heterocycles. The van der Waals surface area contributed by atoms with E-state index in [0.717, 1.165) is 25.7 Å². The highest BCUT2D eigenvalue weighted by Gasteiger charge is 2.34. The molecule has 7 heteroatoms. The molecule has 1 atom stereocenters. The molecular weight excluding hydrogens is 295 g/mol. The Hall–Kier alpha value is -1.15. The smallest absolute Gasteiger partial charge is 0.194 e. The van der Waals surface area contributed by atoms with Crippen molar-refractivity contribution in [3.05, 3.63) is 34.6 Å².